The van der Waals surface area contributed by atoms with E-state index in [4.69, 9.17) is 4.74 Å². The Kier molecular flexibility index (Phi) is 5.55. The van der Waals surface area contributed by atoms with Crippen LogP contribution < -0.4 is 5.32 Å². The van der Waals surface area contributed by atoms with E-state index in [-0.39, 0.29) is 11.7 Å². The van der Waals surface area contributed by atoms with Crippen molar-refractivity contribution in [1.29, 1.82) is 5.26 Å². The van der Waals surface area contributed by atoms with Gasteiger partial charge in [0.25, 0.3) is 5.91 Å². The van der Waals surface area contributed by atoms with Gasteiger partial charge in [0.05, 0.1) is 6.10 Å². The van der Waals surface area contributed by atoms with Crippen LogP contribution in [-0.2, 0) is 16.1 Å². The Morgan fingerprint density at radius 1 is 1.38 bits per heavy atom. The van der Waals surface area contributed by atoms with Crippen molar-refractivity contribution < 1.29 is 9.53 Å². The lowest BCUT2D eigenvalue weighted by Gasteiger charge is -2.14. The second kappa shape index (κ2) is 8.03. The third-order valence-corrected chi connectivity index (χ3v) is 4.72. The molecule has 5 heteroatoms. The molecule has 1 amide bonds. The maximum absolute atomic E-state index is 12.4. The van der Waals surface area contributed by atoms with Gasteiger partial charge in [-0.15, -0.1) is 0 Å². The number of nitrogens with zero attached hydrogens (tertiary/aromatic N) is 2. The van der Waals surface area contributed by atoms with E-state index in [0.717, 1.165) is 42.9 Å². The molecule has 1 N–H and O–H groups in total. The topological polar surface area (TPSA) is 67.0 Å². The fraction of sp³-hybridized carbons (Fsp3) is 0.333. The number of nitrogens with one attached hydrogen (secondary N) is 1. The first-order valence-corrected chi connectivity index (χ1v) is 8.85. The molecule has 1 aromatic heterocycles. The van der Waals surface area contributed by atoms with Crippen LogP contribution in [-0.4, -0.2) is 23.2 Å². The van der Waals surface area contributed by atoms with E-state index in [2.05, 4.69) is 9.88 Å². The molecule has 5 nitrogen and oxygen atoms in total. The predicted octanol–water partition coefficient (Wildman–Crippen LogP) is 3.83. The highest BCUT2D eigenvalue weighted by atomic mass is 16.5. The van der Waals surface area contributed by atoms with Gasteiger partial charge < -0.3 is 14.6 Å². The summed E-state index contributed by atoms with van der Waals surface area (Å²) in [7, 11) is 0. The Morgan fingerprint density at radius 3 is 2.81 bits per heavy atom. The highest BCUT2D eigenvalue weighted by Crippen LogP contribution is 2.22. The molecule has 3 rings (SSSR count). The van der Waals surface area contributed by atoms with Gasteiger partial charge in [0.2, 0.25) is 0 Å². The summed E-state index contributed by atoms with van der Waals surface area (Å²) >= 11 is 0. The second-order valence-corrected chi connectivity index (χ2v) is 6.56. The number of hydrogen-bond acceptors (Lipinski definition) is 3. The van der Waals surface area contributed by atoms with Crippen LogP contribution in [0.3, 0.4) is 0 Å². The van der Waals surface area contributed by atoms with Gasteiger partial charge in [0.15, 0.2) is 0 Å². The first-order valence-electron chi connectivity index (χ1n) is 8.85. The average Bonchev–Trinajstić information content (AvgIpc) is 3.24. The lowest BCUT2D eigenvalue weighted by Crippen LogP contribution is -2.17. The molecule has 0 radical (unpaired) electrons. The quantitative estimate of drug-likeness (QED) is 0.659. The normalized spacial score (nSPS) is 17.1. The largest absolute Gasteiger partial charge is 0.376 e. The van der Waals surface area contributed by atoms with Gasteiger partial charge in [-0.1, -0.05) is 18.2 Å². The molecular weight excluding hydrogens is 326 g/mol. The fourth-order valence-electron chi connectivity index (χ4n) is 3.27. The lowest BCUT2D eigenvalue weighted by atomic mass is 10.1. The zero-order chi connectivity index (χ0) is 18.5. The van der Waals surface area contributed by atoms with Crippen molar-refractivity contribution in [3.63, 3.8) is 0 Å². The number of carbonyl (C=O) groups excluding carboxylic acids is 1. The molecule has 1 unspecified atom stereocenters. The standard InChI is InChI=1S/C21H23N3O2/c1-15-11-17(16(2)24(15)14-20-9-6-10-26-20)12-18(13-22)21(25)23-19-7-4-3-5-8-19/h3-5,7-8,11-12,20H,6,9-10,14H2,1-2H3,(H,23,25)/b18-12+. The van der Waals surface area contributed by atoms with Crippen molar-refractivity contribution in [2.24, 2.45) is 0 Å². The Balaban J connectivity index is 1.80. The van der Waals surface area contributed by atoms with Crippen LogP contribution in [0.5, 0.6) is 0 Å². The van der Waals surface area contributed by atoms with E-state index in [1.54, 1.807) is 18.2 Å². The Bertz CT molecular complexity index is 853. The average molecular weight is 349 g/mol. The highest BCUT2D eigenvalue weighted by molar-refractivity contribution is 6.09. The summed E-state index contributed by atoms with van der Waals surface area (Å²) in [6.07, 6.45) is 4.08. The molecule has 0 bridgehead atoms. The van der Waals surface area contributed by atoms with Crippen molar-refractivity contribution in [2.75, 3.05) is 11.9 Å². The number of aryl methyl sites for hydroxylation is 1. The molecule has 134 valence electrons. The maximum Gasteiger partial charge on any atom is 0.266 e. The maximum atomic E-state index is 12.4. The predicted molar refractivity (Wildman–Crippen MR) is 102 cm³/mol. The molecule has 0 spiro atoms. The number of hydrogen-bond donors (Lipinski definition) is 1. The zero-order valence-corrected chi connectivity index (χ0v) is 15.2. The monoisotopic (exact) mass is 349 g/mol. The summed E-state index contributed by atoms with van der Waals surface area (Å²) in [5.41, 5.74) is 3.79. The minimum absolute atomic E-state index is 0.0891. The highest BCUT2D eigenvalue weighted by Gasteiger charge is 2.19. The SMILES string of the molecule is Cc1cc(/C=C(\C#N)C(=O)Nc2ccccc2)c(C)n1CC1CCCO1. The number of carbonyl (C=O) groups is 1. The summed E-state index contributed by atoms with van der Waals surface area (Å²) in [5, 5.41) is 12.2. The van der Waals surface area contributed by atoms with Crippen LogP contribution in [0.15, 0.2) is 42.0 Å². The number of ether oxygens (including phenoxy) is 1. The first kappa shape index (κ1) is 18.0. The van der Waals surface area contributed by atoms with Gasteiger partial charge in [0, 0.05) is 30.2 Å². The van der Waals surface area contributed by atoms with E-state index < -0.39 is 5.91 Å². The number of rotatable bonds is 5. The minimum Gasteiger partial charge on any atom is -0.376 e. The van der Waals surface area contributed by atoms with E-state index in [1.165, 1.54) is 0 Å². The number of benzene rings is 1. The summed E-state index contributed by atoms with van der Waals surface area (Å²) in [6, 6.07) is 13.2. The molecule has 0 aliphatic carbocycles. The molecule has 2 aromatic rings. The summed E-state index contributed by atoms with van der Waals surface area (Å²) in [6.45, 7) is 5.69. The molecule has 1 saturated heterocycles. The molecule has 1 aliphatic rings. The zero-order valence-electron chi connectivity index (χ0n) is 15.2. The fourth-order valence-corrected chi connectivity index (χ4v) is 3.27. The number of amides is 1. The number of anilines is 1. The van der Waals surface area contributed by atoms with Gasteiger partial charge >= 0.3 is 0 Å². The van der Waals surface area contributed by atoms with Gasteiger partial charge in [-0.25, -0.2) is 0 Å². The van der Waals surface area contributed by atoms with Gasteiger partial charge in [0.1, 0.15) is 11.6 Å². The third kappa shape index (κ3) is 4.04. The molecule has 1 aromatic carbocycles. The van der Waals surface area contributed by atoms with Crippen LogP contribution in [0.25, 0.3) is 6.08 Å². The van der Waals surface area contributed by atoms with Crippen molar-refractivity contribution >= 4 is 17.7 Å². The van der Waals surface area contributed by atoms with Crippen LogP contribution in [0, 0.1) is 25.2 Å². The molecule has 2 heterocycles. The molecule has 0 saturated carbocycles. The third-order valence-electron chi connectivity index (χ3n) is 4.72. The van der Waals surface area contributed by atoms with Crippen LogP contribution >= 0.6 is 0 Å². The van der Waals surface area contributed by atoms with Gasteiger partial charge in [-0.2, -0.15) is 5.26 Å². The lowest BCUT2D eigenvalue weighted by molar-refractivity contribution is -0.112. The molecule has 1 aliphatic heterocycles. The number of aromatic nitrogens is 1. The van der Waals surface area contributed by atoms with Crippen molar-refractivity contribution in [1.82, 2.24) is 4.57 Å². The molecule has 1 fully saturated rings. The molecule has 26 heavy (non-hydrogen) atoms. The van der Waals surface area contributed by atoms with Crippen LogP contribution in [0.4, 0.5) is 5.69 Å². The van der Waals surface area contributed by atoms with Gasteiger partial charge in [-0.3, -0.25) is 4.79 Å². The Morgan fingerprint density at radius 2 is 2.15 bits per heavy atom. The Hall–Kier alpha value is -2.84. The van der Waals surface area contributed by atoms with Crippen molar-refractivity contribution in [2.45, 2.75) is 39.3 Å². The van der Waals surface area contributed by atoms with E-state index in [0.29, 0.717) is 5.69 Å². The van der Waals surface area contributed by atoms with E-state index in [9.17, 15) is 10.1 Å². The summed E-state index contributed by atoms with van der Waals surface area (Å²) < 4.78 is 7.93. The smallest absolute Gasteiger partial charge is 0.266 e. The second-order valence-electron chi connectivity index (χ2n) is 6.56. The number of para-hydroxylation sites is 1. The molecule has 1 atom stereocenters. The first-order chi connectivity index (χ1) is 12.6. The van der Waals surface area contributed by atoms with Crippen molar-refractivity contribution in [3.8, 4) is 6.07 Å². The van der Waals surface area contributed by atoms with E-state index >= 15 is 0 Å². The number of nitriles is 1. The molecular formula is C21H23N3O2. The van der Waals surface area contributed by atoms with E-state index in [1.807, 2.05) is 44.2 Å². The minimum atomic E-state index is -0.400. The summed E-state index contributed by atoms with van der Waals surface area (Å²) in [4.78, 5) is 12.4. The summed E-state index contributed by atoms with van der Waals surface area (Å²) in [5.74, 6) is -0.400. The van der Waals surface area contributed by atoms with Crippen molar-refractivity contribution in [3.05, 3.63) is 58.9 Å². The van der Waals surface area contributed by atoms with Gasteiger partial charge in [-0.05, 0) is 56.5 Å². The Labute approximate surface area is 153 Å². The van der Waals surface area contributed by atoms with Crippen LogP contribution in [0.1, 0.15) is 29.8 Å². The van der Waals surface area contributed by atoms with Crippen LogP contribution in [0.2, 0.25) is 0 Å².